The van der Waals surface area contributed by atoms with Crippen molar-refractivity contribution in [1.82, 2.24) is 14.8 Å². The third-order valence-electron chi connectivity index (χ3n) is 19.5. The van der Waals surface area contributed by atoms with Crippen molar-refractivity contribution in [3.8, 4) is 5.75 Å². The lowest BCUT2D eigenvalue weighted by Gasteiger charge is -2.50. The number of ketones is 1. The highest BCUT2D eigenvalue weighted by molar-refractivity contribution is 8.00. The summed E-state index contributed by atoms with van der Waals surface area (Å²) in [7, 11) is 4.63. The molecule has 7 rings (SSSR count). The summed E-state index contributed by atoms with van der Waals surface area (Å²) in [6.45, 7) is 19.6. The molecule has 5 fully saturated rings. The number of rotatable bonds is 20. The molecule has 2 aromatic rings. The predicted octanol–water partition coefficient (Wildman–Crippen LogP) is 8.81. The molecule has 2 amide bonds. The van der Waals surface area contributed by atoms with Crippen molar-refractivity contribution in [1.29, 1.82) is 0 Å². The molecule has 0 unspecified atom stereocenters. The minimum absolute atomic E-state index is 0.00326. The molecular formula is C64H98Cl2N4O17S. The predicted molar refractivity (Wildman–Crippen MR) is 333 cm³/mol. The molecule has 88 heavy (non-hydrogen) atoms. The summed E-state index contributed by atoms with van der Waals surface area (Å²) in [6, 6.07) is 4.53. The number of aliphatic hydroxyl groups is 3. The number of aliphatic carboxylic acids is 1. The van der Waals surface area contributed by atoms with Crippen LogP contribution in [-0.4, -0.2) is 203 Å². The summed E-state index contributed by atoms with van der Waals surface area (Å²) in [5, 5.41) is 45.0. The number of methoxy groups -OCH3 is 2. The Balaban J connectivity index is 1.26. The van der Waals surface area contributed by atoms with Crippen molar-refractivity contribution in [2.75, 3.05) is 64.8 Å². The Morgan fingerprint density at radius 2 is 1.57 bits per heavy atom. The first kappa shape index (κ1) is 71.8. The quantitative estimate of drug-likeness (QED) is 0.0903. The second kappa shape index (κ2) is 31.8. The highest BCUT2D eigenvalue weighted by atomic mass is 35.5. The van der Waals surface area contributed by atoms with Gasteiger partial charge >= 0.3 is 18.0 Å². The molecule has 5 aliphatic rings. The molecule has 21 nitrogen and oxygen atoms in total. The molecular weight excluding hydrogens is 1200 g/mol. The molecule has 1 aromatic carbocycles. The molecule has 19 atom stereocenters. The van der Waals surface area contributed by atoms with Crippen LogP contribution in [0.3, 0.4) is 0 Å². The summed E-state index contributed by atoms with van der Waals surface area (Å²) in [5.41, 5.74) is -0.606. The molecule has 4 saturated heterocycles. The van der Waals surface area contributed by atoms with Crippen molar-refractivity contribution in [2.45, 2.75) is 218 Å². The molecule has 0 bridgehead atoms. The van der Waals surface area contributed by atoms with Crippen LogP contribution in [0.4, 0.5) is 10.5 Å². The smallest absolute Gasteiger partial charge is 0.320 e. The van der Waals surface area contributed by atoms with E-state index < -0.39 is 125 Å². The number of halogens is 2. The fourth-order valence-electron chi connectivity index (χ4n) is 14.0. The van der Waals surface area contributed by atoms with Gasteiger partial charge in [0.2, 0.25) is 0 Å². The Kier molecular flexibility index (Phi) is 26.0. The molecule has 1 aromatic heterocycles. The average Bonchev–Trinajstić information content (AvgIpc) is 1.11. The zero-order valence-electron chi connectivity index (χ0n) is 53.6. The summed E-state index contributed by atoms with van der Waals surface area (Å²) in [4.78, 5) is 68.2. The Labute approximate surface area is 534 Å². The number of esters is 1. The third kappa shape index (κ3) is 16.8. The number of carbonyl (C=O) groups is 4. The molecule has 5 heterocycles. The molecule has 496 valence electrons. The van der Waals surface area contributed by atoms with Crippen LogP contribution in [0.1, 0.15) is 132 Å². The highest BCUT2D eigenvalue weighted by Gasteiger charge is 2.54. The Hall–Kier alpha value is -3.62. The van der Waals surface area contributed by atoms with E-state index in [4.69, 9.17) is 65.8 Å². The Morgan fingerprint density at radius 1 is 0.909 bits per heavy atom. The van der Waals surface area contributed by atoms with Gasteiger partial charge in [0.25, 0.3) is 0 Å². The molecule has 1 aliphatic carbocycles. The second-order valence-corrected chi connectivity index (χ2v) is 27.6. The van der Waals surface area contributed by atoms with E-state index in [1.807, 2.05) is 50.8 Å². The van der Waals surface area contributed by atoms with Crippen LogP contribution in [0.15, 0.2) is 30.6 Å². The van der Waals surface area contributed by atoms with Gasteiger partial charge in [-0.1, -0.05) is 63.9 Å². The fourth-order valence-corrected chi connectivity index (χ4v) is 15.9. The van der Waals surface area contributed by atoms with Crippen molar-refractivity contribution in [3.05, 3.63) is 51.8 Å². The van der Waals surface area contributed by atoms with Crippen molar-refractivity contribution < 1.29 is 82.2 Å². The number of pyridine rings is 1. The van der Waals surface area contributed by atoms with E-state index in [0.717, 1.165) is 31.4 Å². The standard InChI is InChI=1S/C64H98Cl2N4O17S/c1-14-49-37(4)52(56(59(75)76)88-26-23-70(33-45-46(65)31-67-32-47(45)66)43-20-19-42(34-71)50(28-43)84-44-17-15-16-18-44)38(5)53(72)35(2)29-64(10,80-13)58(87-61-54(73)48(27-36(3)82-61)68(11)62(78)69-21-24-81-25-22-69)39(6)55(40(7)60(77)85-49)86-51-30-63(9,79-12)57(74)41(8)83-51/h19-20,28,31-32,35-41,44,48-49,51-52,54-58,61,71,73-74H,14-18,21-27,29-30,33-34H2,1-13H3,(H,75,76)/t35-,36-,37+,38-,39+,40-,41+,48+,49-,51+,52+,54-,55+,56+,57+,58-,61+,63-,64-/m1/s1. The van der Waals surface area contributed by atoms with Gasteiger partial charge in [0.15, 0.2) is 12.6 Å². The zero-order chi connectivity index (χ0) is 64.5. The van der Waals surface area contributed by atoms with Gasteiger partial charge in [-0.15, -0.1) is 11.8 Å². The lowest BCUT2D eigenvalue weighted by Crippen LogP contribution is -2.62. The van der Waals surface area contributed by atoms with E-state index in [1.165, 1.54) is 43.3 Å². The molecule has 24 heteroatoms. The van der Waals surface area contributed by atoms with Crippen molar-refractivity contribution in [3.63, 3.8) is 0 Å². The number of nitrogens with zero attached hydrogens (tertiary/aromatic N) is 4. The number of hydrogen-bond acceptors (Lipinski definition) is 19. The van der Waals surface area contributed by atoms with Gasteiger partial charge in [-0.3, -0.25) is 19.4 Å². The molecule has 4 N–H and O–H groups in total. The van der Waals surface area contributed by atoms with E-state index in [1.54, 1.807) is 53.5 Å². The van der Waals surface area contributed by atoms with E-state index in [9.17, 15) is 30.0 Å². The molecule has 4 aliphatic heterocycles. The fraction of sp³-hybridized carbons (Fsp3) is 0.766. The number of ether oxygens (including phenoxy) is 9. The number of carbonyl (C=O) groups excluding carboxylic acids is 3. The lowest BCUT2D eigenvalue weighted by molar-refractivity contribution is -0.318. The topological polar surface area (TPSA) is 255 Å². The highest BCUT2D eigenvalue weighted by Crippen LogP contribution is 2.45. The maximum atomic E-state index is 15.6. The number of urea groups is 1. The number of thioether (sulfide) groups is 1. The number of benzene rings is 1. The minimum Gasteiger partial charge on any atom is -0.490 e. The lowest BCUT2D eigenvalue weighted by atomic mass is 9.71. The van der Waals surface area contributed by atoms with Crippen LogP contribution in [0.5, 0.6) is 5.75 Å². The number of carboxylic acids is 1. The maximum absolute atomic E-state index is 15.6. The van der Waals surface area contributed by atoms with Gasteiger partial charge in [0.05, 0.1) is 83.5 Å². The largest absolute Gasteiger partial charge is 0.490 e. The third-order valence-corrected chi connectivity index (χ3v) is 21.5. The summed E-state index contributed by atoms with van der Waals surface area (Å²) in [5.74, 6) is -6.58. The first-order chi connectivity index (χ1) is 41.7. The Bertz CT molecular complexity index is 2620. The van der Waals surface area contributed by atoms with E-state index in [-0.39, 0.29) is 69.1 Å². The van der Waals surface area contributed by atoms with Gasteiger partial charge < -0.3 is 77.8 Å². The normalized spacial score (nSPS) is 35.2. The number of amides is 2. The molecule has 1 saturated carbocycles. The van der Waals surface area contributed by atoms with Crippen molar-refractivity contribution in [2.24, 2.45) is 35.5 Å². The summed E-state index contributed by atoms with van der Waals surface area (Å²) < 4.78 is 57.9. The van der Waals surface area contributed by atoms with Crippen LogP contribution < -0.4 is 9.64 Å². The number of morpholine rings is 1. The van der Waals surface area contributed by atoms with E-state index in [0.29, 0.717) is 53.2 Å². The van der Waals surface area contributed by atoms with Gasteiger partial charge in [-0.25, -0.2) is 4.79 Å². The monoisotopic (exact) mass is 1300 g/mol. The van der Waals surface area contributed by atoms with E-state index in [2.05, 4.69) is 4.98 Å². The minimum atomic E-state index is -1.44. The van der Waals surface area contributed by atoms with Crippen LogP contribution in [0.2, 0.25) is 10.0 Å². The first-order valence-corrected chi connectivity index (χ1v) is 33.2. The molecule has 0 spiro atoms. The van der Waals surface area contributed by atoms with Gasteiger partial charge in [-0.2, -0.15) is 0 Å². The number of cyclic esters (lactones) is 1. The zero-order valence-corrected chi connectivity index (χ0v) is 56.0. The van der Waals surface area contributed by atoms with Gasteiger partial charge in [-0.05, 0) is 97.5 Å². The van der Waals surface area contributed by atoms with Crippen LogP contribution in [-0.2, 0) is 65.4 Å². The SMILES string of the molecule is CC[C@H]1OC(=O)[C@H](C)[C@@H](O[C@H]2C[C@@](C)(OC)[C@@H](O)[C@H](C)O2)[C@H](C)[C@@H](O[C@@H]2O[C@H](C)C[C@H](N(C)C(=O)N3CCOCC3)[C@H]2O)[C@](C)(OC)C[C@@H](C)C(=O)[C@H](C)[C@@H]([C@H](SCCN(Cc2c(Cl)cncc2Cl)c2ccc(CO)c(OC3CCCC3)c2)C(=O)O)[C@H]1C. The number of aliphatic hydroxyl groups excluding tert-OH is 3. The van der Waals surface area contributed by atoms with Crippen LogP contribution >= 0.6 is 35.0 Å². The number of Topliss-reactive ketones (excluding diaryl/α,β-unsaturated/α-hetero) is 1. The average molecular weight is 1300 g/mol. The number of anilines is 1. The summed E-state index contributed by atoms with van der Waals surface area (Å²) in [6.07, 6.45) is -1.73. The van der Waals surface area contributed by atoms with Crippen molar-refractivity contribution >= 4 is 64.4 Å². The number of likely N-dealkylation sites (N-methyl/N-ethyl adjacent to an activating group) is 1. The number of carboxylic acid groups (broad SMARTS) is 1. The second-order valence-electron chi connectivity index (χ2n) is 25.6. The number of hydrogen-bond donors (Lipinski definition) is 4. The van der Waals surface area contributed by atoms with Crippen LogP contribution in [0.25, 0.3) is 0 Å². The number of aromatic nitrogens is 1. The first-order valence-electron chi connectivity index (χ1n) is 31.4. The van der Waals surface area contributed by atoms with Crippen LogP contribution in [0, 0.1) is 35.5 Å². The van der Waals surface area contributed by atoms with Gasteiger partial charge in [0, 0.05) is 113 Å². The maximum Gasteiger partial charge on any atom is 0.320 e. The molecule has 0 radical (unpaired) electrons. The van der Waals surface area contributed by atoms with Gasteiger partial charge in [0.1, 0.15) is 35.1 Å². The summed E-state index contributed by atoms with van der Waals surface area (Å²) >= 11 is 14.7. The van der Waals surface area contributed by atoms with E-state index >= 15 is 9.59 Å². The Morgan fingerprint density at radius 3 is 2.18 bits per heavy atom.